The molecule has 12 nitrogen and oxygen atoms in total. The lowest BCUT2D eigenvalue weighted by Gasteiger charge is -2.24. The predicted molar refractivity (Wildman–Crippen MR) is 171 cm³/mol. The fraction of sp³-hybridized carbons (Fsp3) is 0.323. The Bertz CT molecular complexity index is 2010. The van der Waals surface area contributed by atoms with Crippen LogP contribution in [0.4, 0.5) is 4.79 Å². The molecule has 1 amide bonds. The molecule has 6 rings (SSSR count). The maximum absolute atomic E-state index is 12.6. The number of rotatable bonds is 9. The summed E-state index contributed by atoms with van der Waals surface area (Å²) in [5.74, 6) is 0.639. The summed E-state index contributed by atoms with van der Waals surface area (Å²) >= 11 is 0. The number of aliphatic imine (C=N–C) groups is 1. The van der Waals surface area contributed by atoms with Crippen molar-refractivity contribution in [2.24, 2.45) is 4.99 Å². The molecule has 0 spiro atoms. The number of hydrogen-bond acceptors (Lipinski definition) is 11. The third kappa shape index (κ3) is 6.70. The number of hydrogen-bond donors (Lipinski definition) is 0. The second-order valence-corrected chi connectivity index (χ2v) is 14.5. The van der Waals surface area contributed by atoms with E-state index >= 15 is 0 Å². The first-order valence-electron chi connectivity index (χ1n) is 15.4. The Morgan fingerprint density at radius 2 is 1.74 bits per heavy atom. The predicted octanol–water partition coefficient (Wildman–Crippen LogP) is 4.78. The Hall–Kier alpha value is -4.49. The molecule has 2 aliphatic rings. The van der Waals surface area contributed by atoms with Crippen LogP contribution in [0.3, 0.4) is 0 Å². The van der Waals surface area contributed by atoms with Crippen LogP contribution in [0.2, 0.25) is 0 Å². The first kappa shape index (κ1) is 28.9. The highest BCUT2D eigenvalue weighted by Gasteiger charge is 2.54. The average Bonchev–Trinajstić information content (AvgIpc) is 3.98. The first-order valence-corrected chi connectivity index (χ1v) is 15.9. The quantitative estimate of drug-likeness (QED) is 0.184. The van der Waals surface area contributed by atoms with Crippen molar-refractivity contribution in [1.82, 2.24) is 20.0 Å². The highest BCUT2D eigenvalue weighted by Crippen LogP contribution is 2.43. The van der Waals surface area contributed by atoms with E-state index in [1.807, 2.05) is 0 Å². The minimum Gasteiger partial charge on any atom is -0.549 e. The molecule has 2 aromatic carbocycles. The van der Waals surface area contributed by atoms with Crippen molar-refractivity contribution in [3.05, 3.63) is 72.1 Å². The number of carbonyl (C=O) groups excluding carboxylic acids is 1. The fourth-order valence-electron chi connectivity index (χ4n) is 4.37. The summed E-state index contributed by atoms with van der Waals surface area (Å²) in [5, 5.41) is 3.66. The van der Waals surface area contributed by atoms with Crippen LogP contribution in [0.5, 0.6) is 0 Å². The molecule has 2 fully saturated rings. The van der Waals surface area contributed by atoms with E-state index in [4.69, 9.17) is 26.3 Å². The Balaban J connectivity index is 1.32. The van der Waals surface area contributed by atoms with Gasteiger partial charge in [-0.2, -0.15) is 0 Å². The van der Waals surface area contributed by atoms with E-state index in [-0.39, 0.29) is 21.9 Å². The number of benzene rings is 2. The molecular weight excluding hydrogens is 608 g/mol. The van der Waals surface area contributed by atoms with Gasteiger partial charge in [-0.3, -0.25) is 4.98 Å². The maximum Gasteiger partial charge on any atom is 0.474 e. The average molecular weight is 641 g/mol. The van der Waals surface area contributed by atoms with Crippen LogP contribution in [-0.4, -0.2) is 73.2 Å². The summed E-state index contributed by atoms with van der Waals surface area (Å²) in [6.07, 6.45) is 0.747. The number of nitrogens with zero attached hydrogens (tertiary/aromatic N) is 5. The van der Waals surface area contributed by atoms with E-state index in [0.717, 1.165) is 4.90 Å². The zero-order valence-corrected chi connectivity index (χ0v) is 26.8. The summed E-state index contributed by atoms with van der Waals surface area (Å²) in [5.41, 5.74) is 0.950. The van der Waals surface area contributed by atoms with Gasteiger partial charge in [0.25, 0.3) is 0 Å². The van der Waals surface area contributed by atoms with Gasteiger partial charge in [0.05, 0.1) is 24.8 Å². The van der Waals surface area contributed by atoms with Crippen molar-refractivity contribution in [3.8, 4) is 34.0 Å². The molecule has 46 heavy (non-hydrogen) atoms. The van der Waals surface area contributed by atoms with Crippen molar-refractivity contribution in [2.45, 2.75) is 62.5 Å². The summed E-state index contributed by atoms with van der Waals surface area (Å²) in [6.45, 7) is 6.24. The van der Waals surface area contributed by atoms with Crippen LogP contribution in [0.1, 0.15) is 48.6 Å². The van der Waals surface area contributed by atoms with Crippen LogP contribution in [0.15, 0.2) is 75.2 Å². The van der Waals surface area contributed by atoms with Gasteiger partial charge in [0, 0.05) is 30.7 Å². The van der Waals surface area contributed by atoms with E-state index in [1.165, 1.54) is 40.3 Å². The van der Waals surface area contributed by atoms with Crippen molar-refractivity contribution in [1.29, 1.82) is 0 Å². The molecule has 0 saturated carbocycles. The largest absolute Gasteiger partial charge is 0.549 e. The number of sulfone groups is 1. The van der Waals surface area contributed by atoms with E-state index < -0.39 is 38.9 Å². The van der Waals surface area contributed by atoms with Crippen molar-refractivity contribution < 1.29 is 34.5 Å². The van der Waals surface area contributed by atoms with Gasteiger partial charge in [0.15, 0.2) is 27.0 Å². The standard InChI is InChI=1S/C31H31B2N5O7S/c1-18(2)46(40,41)22-13-11-21(12-14-22)24-16-34-27(31(33-45-31)36-28-32-43-28)26(35-24)25-15-23(37-44-25)20-9-7-19(8-10-20)17-38(6)29(39)42-30(3,4)5/h7-16,18H,17H2,1-6H3/i17D2. The number of amides is 1. The third-order valence-corrected chi connectivity index (χ3v) is 9.11. The molecule has 234 valence electrons. The SMILES string of the molecule is [2H]C([2H])(c1ccc(-c2cc(-c3nc(-c4ccc(S(=O)(=O)C(C)C)cc4)cnc3C3(N=C4[B]O4)[B]O3)on2)cc1)N(C)C(=O)OC(C)(C)C. The van der Waals surface area contributed by atoms with Crippen molar-refractivity contribution in [2.75, 3.05) is 7.05 Å². The minimum absolute atomic E-state index is 0.206. The maximum atomic E-state index is 12.6. The van der Waals surface area contributed by atoms with Crippen molar-refractivity contribution in [3.63, 3.8) is 0 Å². The molecule has 2 saturated heterocycles. The monoisotopic (exact) mass is 641 g/mol. The molecule has 2 aromatic heterocycles. The lowest BCUT2D eigenvalue weighted by molar-refractivity contribution is 0.0285. The van der Waals surface area contributed by atoms with Gasteiger partial charge in [-0.05, 0) is 52.3 Å². The van der Waals surface area contributed by atoms with Crippen LogP contribution in [0, 0.1) is 0 Å². The van der Waals surface area contributed by atoms with Gasteiger partial charge in [-0.1, -0.05) is 41.6 Å². The molecule has 0 bridgehead atoms. The van der Waals surface area contributed by atoms with Gasteiger partial charge in [0.2, 0.25) is 0 Å². The van der Waals surface area contributed by atoms with Crippen LogP contribution >= 0.6 is 0 Å². The van der Waals surface area contributed by atoms with Gasteiger partial charge >= 0.3 is 21.1 Å². The molecule has 4 heterocycles. The molecule has 0 aliphatic carbocycles. The van der Waals surface area contributed by atoms with E-state index in [1.54, 1.807) is 77.1 Å². The summed E-state index contributed by atoms with van der Waals surface area (Å²) in [4.78, 5) is 27.6. The lowest BCUT2D eigenvalue weighted by atomic mass is 9.91. The number of carbonyl (C=O) groups is 1. The second kappa shape index (κ2) is 11.7. The Kier molecular flexibility index (Phi) is 7.36. The molecular formula is C31H31B2N5O7S. The Morgan fingerprint density at radius 1 is 1.11 bits per heavy atom. The normalized spacial score (nSPS) is 19.0. The highest BCUT2D eigenvalue weighted by molar-refractivity contribution is 7.92. The Morgan fingerprint density at radius 3 is 2.33 bits per heavy atom. The number of aromatic nitrogens is 3. The van der Waals surface area contributed by atoms with E-state index in [0.29, 0.717) is 34.0 Å². The van der Waals surface area contributed by atoms with Gasteiger partial charge in [0.1, 0.15) is 22.7 Å². The molecule has 4 aromatic rings. The van der Waals surface area contributed by atoms with Gasteiger partial charge in [-0.25, -0.2) is 23.2 Å². The fourth-order valence-corrected chi connectivity index (χ4v) is 5.43. The zero-order chi connectivity index (χ0) is 34.6. The smallest absolute Gasteiger partial charge is 0.474 e. The molecule has 1 atom stereocenters. The molecule has 1 unspecified atom stereocenters. The Labute approximate surface area is 271 Å². The molecule has 15 heteroatoms. The van der Waals surface area contributed by atoms with Crippen LogP contribution in [0.25, 0.3) is 34.0 Å². The molecule has 0 N–H and O–H groups in total. The summed E-state index contributed by atoms with van der Waals surface area (Å²) in [6, 6.07) is 14.5. The van der Waals surface area contributed by atoms with Crippen LogP contribution in [-0.2, 0) is 36.0 Å². The van der Waals surface area contributed by atoms with Gasteiger partial charge < -0.3 is 23.5 Å². The molecule has 2 radical (unpaired) electrons. The van der Waals surface area contributed by atoms with Crippen LogP contribution < -0.4 is 0 Å². The first-order chi connectivity index (χ1) is 22.5. The lowest BCUT2D eigenvalue weighted by Crippen LogP contribution is -2.33. The summed E-state index contributed by atoms with van der Waals surface area (Å²) in [7, 11) is 0.847. The van der Waals surface area contributed by atoms with E-state index in [9.17, 15) is 13.2 Å². The van der Waals surface area contributed by atoms with Gasteiger partial charge in [-0.15, -0.1) is 0 Å². The highest BCUT2D eigenvalue weighted by atomic mass is 32.2. The minimum atomic E-state index is -3.45. The second-order valence-electron chi connectivity index (χ2n) is 12.0. The van der Waals surface area contributed by atoms with E-state index in [2.05, 4.69) is 15.1 Å². The third-order valence-electron chi connectivity index (χ3n) is 6.94. The van der Waals surface area contributed by atoms with Crippen molar-refractivity contribution >= 4 is 36.7 Å². The summed E-state index contributed by atoms with van der Waals surface area (Å²) < 4.78 is 64.2. The molecule has 2 aliphatic heterocycles. The number of ether oxygens (including phenoxy) is 1. The zero-order valence-electron chi connectivity index (χ0n) is 28.0. The topological polar surface area (TPSA) is 153 Å².